The summed E-state index contributed by atoms with van der Waals surface area (Å²) in [5.74, 6) is 0. The Labute approximate surface area is 200 Å². The molecule has 0 N–H and O–H groups in total. The molecule has 0 aromatic heterocycles. The molecule has 0 spiro atoms. The molecular formula is C30H28O3Si. The summed E-state index contributed by atoms with van der Waals surface area (Å²) in [4.78, 5) is 0. The highest BCUT2D eigenvalue weighted by atomic mass is 28.3. The molecule has 0 fully saturated rings. The monoisotopic (exact) mass is 464 g/mol. The van der Waals surface area contributed by atoms with Crippen molar-refractivity contribution >= 4 is 74.2 Å². The smallest absolute Gasteiger partial charge is 0.376 e. The summed E-state index contributed by atoms with van der Waals surface area (Å²) in [6.45, 7) is 7.86. The average Bonchev–Trinajstić information content (AvgIpc) is 2.88. The van der Waals surface area contributed by atoms with Crippen molar-refractivity contribution in [2.45, 2.75) is 20.8 Å². The van der Waals surface area contributed by atoms with Gasteiger partial charge < -0.3 is 13.3 Å². The minimum atomic E-state index is -1.73. The molecule has 7 rings (SSSR count). The average molecular weight is 465 g/mol. The lowest BCUT2D eigenvalue weighted by molar-refractivity contribution is 0.107. The Hall–Kier alpha value is -3.02. The highest BCUT2D eigenvalue weighted by molar-refractivity contribution is 6.44. The molecular weight excluding hydrogens is 436 g/mol. The van der Waals surface area contributed by atoms with E-state index >= 15 is 0 Å². The number of hydrogen-bond donors (Lipinski definition) is 0. The first-order chi connectivity index (χ1) is 16.7. The van der Waals surface area contributed by atoms with E-state index in [1.807, 2.05) is 20.8 Å². The zero-order valence-electron chi connectivity index (χ0n) is 19.9. The molecule has 0 saturated heterocycles. The van der Waals surface area contributed by atoms with E-state index in [0.29, 0.717) is 19.8 Å². The van der Waals surface area contributed by atoms with E-state index in [4.69, 9.17) is 13.3 Å². The number of rotatable bonds is 6. The molecule has 3 nitrogen and oxygen atoms in total. The van der Waals surface area contributed by atoms with Gasteiger partial charge in [-0.15, -0.1) is 0 Å². The minimum Gasteiger partial charge on any atom is -0.376 e. The third-order valence-electron chi connectivity index (χ3n) is 6.79. The normalized spacial score (nSPS) is 12.4. The van der Waals surface area contributed by atoms with E-state index < -0.39 is 9.53 Å². The van der Waals surface area contributed by atoms with E-state index in [1.54, 1.807) is 0 Å². The fraction of sp³-hybridized carbons (Fsp3) is 0.200. The lowest BCUT2D eigenvalue weighted by Crippen LogP contribution is -2.27. The van der Waals surface area contributed by atoms with Crippen LogP contribution in [0.3, 0.4) is 0 Å². The van der Waals surface area contributed by atoms with Crippen molar-refractivity contribution in [3.8, 4) is 0 Å². The van der Waals surface area contributed by atoms with E-state index in [1.165, 1.54) is 64.6 Å². The van der Waals surface area contributed by atoms with Crippen LogP contribution in [-0.4, -0.2) is 29.3 Å². The Morgan fingerprint density at radius 1 is 0.382 bits per heavy atom. The highest BCUT2D eigenvalue weighted by Gasteiger charge is 2.19. The van der Waals surface area contributed by atoms with E-state index in [0.717, 1.165) is 0 Å². The van der Waals surface area contributed by atoms with Crippen LogP contribution in [-0.2, 0) is 13.3 Å². The fourth-order valence-corrected chi connectivity index (χ4v) is 6.55. The van der Waals surface area contributed by atoms with Crippen LogP contribution in [0.15, 0.2) is 72.8 Å². The summed E-state index contributed by atoms with van der Waals surface area (Å²) in [5, 5.41) is 16.7. The van der Waals surface area contributed by atoms with Gasteiger partial charge in [-0.1, -0.05) is 72.8 Å². The Balaban J connectivity index is 0.000000188. The van der Waals surface area contributed by atoms with Crippen LogP contribution in [0.4, 0.5) is 0 Å². The number of benzene rings is 7. The van der Waals surface area contributed by atoms with Crippen LogP contribution in [0.25, 0.3) is 64.6 Å². The maximum atomic E-state index is 5.22. The lowest BCUT2D eigenvalue weighted by Gasteiger charge is -2.20. The van der Waals surface area contributed by atoms with Gasteiger partial charge in [0, 0.05) is 19.8 Å². The predicted octanol–water partition coefficient (Wildman–Crippen LogP) is 7.73. The molecule has 34 heavy (non-hydrogen) atoms. The van der Waals surface area contributed by atoms with Gasteiger partial charge in [-0.3, -0.25) is 0 Å². The summed E-state index contributed by atoms with van der Waals surface area (Å²) in [7, 11) is -1.73. The zero-order chi connectivity index (χ0) is 23.2. The van der Waals surface area contributed by atoms with Gasteiger partial charge in [-0.25, -0.2) is 0 Å². The van der Waals surface area contributed by atoms with E-state index in [9.17, 15) is 0 Å². The van der Waals surface area contributed by atoms with Crippen LogP contribution in [0.5, 0.6) is 0 Å². The van der Waals surface area contributed by atoms with Crippen LogP contribution >= 0.6 is 0 Å². The van der Waals surface area contributed by atoms with Gasteiger partial charge in [0.2, 0.25) is 0 Å². The van der Waals surface area contributed by atoms with Gasteiger partial charge in [-0.2, -0.15) is 0 Å². The molecule has 7 aromatic rings. The summed E-state index contributed by atoms with van der Waals surface area (Å²) in [6.07, 6.45) is 0. The van der Waals surface area contributed by atoms with E-state index in [-0.39, 0.29) is 0 Å². The van der Waals surface area contributed by atoms with Gasteiger partial charge in [0.15, 0.2) is 0 Å². The summed E-state index contributed by atoms with van der Waals surface area (Å²) in [6, 6.07) is 27.3. The second-order valence-electron chi connectivity index (χ2n) is 8.64. The first-order valence-corrected chi connectivity index (χ1v) is 13.6. The molecule has 0 radical (unpaired) electrons. The first kappa shape index (κ1) is 21.5. The van der Waals surface area contributed by atoms with Gasteiger partial charge in [0.25, 0.3) is 0 Å². The maximum Gasteiger partial charge on any atom is 0.484 e. The van der Waals surface area contributed by atoms with Crippen molar-refractivity contribution in [1.29, 1.82) is 0 Å². The lowest BCUT2D eigenvalue weighted by atomic mass is 9.83. The minimum absolute atomic E-state index is 0.677. The maximum absolute atomic E-state index is 5.22. The summed E-state index contributed by atoms with van der Waals surface area (Å²) < 4.78 is 15.7. The zero-order valence-corrected chi connectivity index (χ0v) is 21.0. The van der Waals surface area contributed by atoms with Crippen molar-refractivity contribution < 1.29 is 13.3 Å². The molecule has 7 aromatic carbocycles. The third-order valence-corrected chi connectivity index (χ3v) is 8.61. The topological polar surface area (TPSA) is 27.7 Å². The van der Waals surface area contributed by atoms with Crippen molar-refractivity contribution in [3.05, 3.63) is 72.8 Å². The Morgan fingerprint density at radius 3 is 0.706 bits per heavy atom. The van der Waals surface area contributed by atoms with E-state index in [2.05, 4.69) is 72.8 Å². The largest absolute Gasteiger partial charge is 0.484 e. The SMILES string of the molecule is CCO[SiH](OCC)OCC.c1cc2ccc3ccc4ccc5ccc6ccc1c1c2c3c4c5c61. The number of hydrogen-bond acceptors (Lipinski definition) is 3. The van der Waals surface area contributed by atoms with Crippen LogP contribution in [0.2, 0.25) is 0 Å². The molecule has 0 aliphatic carbocycles. The first-order valence-electron chi connectivity index (χ1n) is 12.2. The molecule has 0 amide bonds. The second kappa shape index (κ2) is 8.64. The predicted molar refractivity (Wildman–Crippen MR) is 147 cm³/mol. The van der Waals surface area contributed by atoms with Gasteiger partial charge >= 0.3 is 9.53 Å². The second-order valence-corrected chi connectivity index (χ2v) is 10.2. The summed E-state index contributed by atoms with van der Waals surface area (Å²) >= 11 is 0. The van der Waals surface area contributed by atoms with Crippen LogP contribution in [0.1, 0.15) is 20.8 Å². The Bertz CT molecular complexity index is 1300. The highest BCUT2D eigenvalue weighted by Crippen LogP contribution is 2.47. The van der Waals surface area contributed by atoms with Gasteiger partial charge in [-0.05, 0) is 85.4 Å². The molecule has 170 valence electrons. The van der Waals surface area contributed by atoms with Crippen molar-refractivity contribution in [2.75, 3.05) is 19.8 Å². The molecule has 0 aliphatic rings. The quantitative estimate of drug-likeness (QED) is 0.143. The molecule has 0 saturated carbocycles. The molecule has 0 heterocycles. The fourth-order valence-electron chi connectivity index (χ4n) is 5.45. The Morgan fingerprint density at radius 2 is 0.559 bits per heavy atom. The van der Waals surface area contributed by atoms with Crippen molar-refractivity contribution in [2.24, 2.45) is 0 Å². The van der Waals surface area contributed by atoms with Crippen LogP contribution < -0.4 is 0 Å². The van der Waals surface area contributed by atoms with Crippen molar-refractivity contribution in [3.63, 3.8) is 0 Å². The molecule has 0 aliphatic heterocycles. The van der Waals surface area contributed by atoms with Crippen LogP contribution in [0, 0.1) is 0 Å². The molecule has 4 heteroatoms. The molecule has 0 atom stereocenters. The molecule has 0 bridgehead atoms. The van der Waals surface area contributed by atoms with Crippen molar-refractivity contribution in [1.82, 2.24) is 0 Å². The van der Waals surface area contributed by atoms with Gasteiger partial charge in [0.1, 0.15) is 0 Å². The Kier molecular flexibility index (Phi) is 5.46. The van der Waals surface area contributed by atoms with Gasteiger partial charge in [0.05, 0.1) is 0 Å². The summed E-state index contributed by atoms with van der Waals surface area (Å²) in [5.41, 5.74) is 0. The standard InChI is InChI=1S/C24H12.C6H16O3Si/c1-2-14-5-6-16-9-11-18-12-10-17-8-7-15-4-3-13(1)19-20(14)22(16)24(18)23(17)21(15)19;1-4-7-10(8-5-2)9-6-3/h1-12H;10H,4-6H2,1-3H3. The molecule has 0 unspecified atom stereocenters. The third kappa shape index (κ3) is 3.22.